The number of para-hydroxylation sites is 1. The van der Waals surface area contributed by atoms with Gasteiger partial charge in [-0.15, -0.1) is 0 Å². The first-order valence-electron chi connectivity index (χ1n) is 6.93. The number of fused-ring (bicyclic) bond motifs is 1. The number of amides is 1. The Bertz CT molecular complexity index is 645. The van der Waals surface area contributed by atoms with Crippen LogP contribution in [0, 0.1) is 0 Å². The fourth-order valence-electron chi connectivity index (χ4n) is 2.38. The van der Waals surface area contributed by atoms with Crippen molar-refractivity contribution < 1.29 is 9.53 Å². The summed E-state index contributed by atoms with van der Waals surface area (Å²) in [5.41, 5.74) is 1.09. The Morgan fingerprint density at radius 2 is 2.14 bits per heavy atom. The van der Waals surface area contributed by atoms with Gasteiger partial charge in [0.15, 0.2) is 0 Å². The van der Waals surface area contributed by atoms with Crippen molar-refractivity contribution in [2.24, 2.45) is 0 Å². The molecule has 2 rings (SSSR count). The summed E-state index contributed by atoms with van der Waals surface area (Å²) in [6.07, 6.45) is 0. The SMILES string of the molecule is CCN(C(=O)c1cc(Cl)c2ccccc2n1)C(C)COC. The van der Waals surface area contributed by atoms with Crippen LogP contribution in [-0.2, 0) is 4.74 Å². The number of hydrogen-bond acceptors (Lipinski definition) is 3. The Hall–Kier alpha value is -1.65. The Balaban J connectivity index is 2.38. The molecule has 1 heterocycles. The number of carbonyl (C=O) groups is 1. The van der Waals surface area contributed by atoms with Gasteiger partial charge >= 0.3 is 0 Å². The van der Waals surface area contributed by atoms with Crippen LogP contribution in [-0.4, -0.2) is 42.1 Å². The van der Waals surface area contributed by atoms with Crippen molar-refractivity contribution in [3.63, 3.8) is 0 Å². The fraction of sp³-hybridized carbons (Fsp3) is 0.375. The van der Waals surface area contributed by atoms with E-state index in [1.165, 1.54) is 0 Å². The van der Waals surface area contributed by atoms with Gasteiger partial charge in [0.1, 0.15) is 5.69 Å². The number of pyridine rings is 1. The van der Waals surface area contributed by atoms with Crippen LogP contribution in [0.15, 0.2) is 30.3 Å². The largest absolute Gasteiger partial charge is 0.383 e. The van der Waals surface area contributed by atoms with E-state index in [1.54, 1.807) is 18.1 Å². The number of hydrogen-bond donors (Lipinski definition) is 0. The third-order valence-corrected chi connectivity index (χ3v) is 3.74. The van der Waals surface area contributed by atoms with Gasteiger partial charge in [-0.2, -0.15) is 0 Å². The molecule has 21 heavy (non-hydrogen) atoms. The highest BCUT2D eigenvalue weighted by Gasteiger charge is 2.22. The molecular formula is C16H19ClN2O2. The molecule has 0 spiro atoms. The average molecular weight is 307 g/mol. The third-order valence-electron chi connectivity index (χ3n) is 3.43. The first kappa shape index (κ1) is 15.7. The monoisotopic (exact) mass is 306 g/mol. The van der Waals surface area contributed by atoms with Gasteiger partial charge in [-0.1, -0.05) is 29.8 Å². The predicted molar refractivity (Wildman–Crippen MR) is 84.8 cm³/mol. The van der Waals surface area contributed by atoms with E-state index >= 15 is 0 Å². The summed E-state index contributed by atoms with van der Waals surface area (Å²) in [5, 5.41) is 1.39. The van der Waals surface area contributed by atoms with Crippen LogP contribution in [0.1, 0.15) is 24.3 Å². The van der Waals surface area contributed by atoms with Crippen LogP contribution >= 0.6 is 11.6 Å². The van der Waals surface area contributed by atoms with Crippen LogP contribution in [0.2, 0.25) is 5.02 Å². The number of carbonyl (C=O) groups excluding carboxylic acids is 1. The summed E-state index contributed by atoms with van der Waals surface area (Å²) in [4.78, 5) is 18.8. The van der Waals surface area contributed by atoms with Crippen molar-refractivity contribution in [2.75, 3.05) is 20.3 Å². The van der Waals surface area contributed by atoms with E-state index in [-0.39, 0.29) is 11.9 Å². The maximum absolute atomic E-state index is 12.6. The molecule has 1 aromatic carbocycles. The van der Waals surface area contributed by atoms with Gasteiger partial charge in [0.25, 0.3) is 5.91 Å². The number of methoxy groups -OCH3 is 1. The predicted octanol–water partition coefficient (Wildman–Crippen LogP) is 3.39. The lowest BCUT2D eigenvalue weighted by atomic mass is 10.2. The molecule has 0 saturated heterocycles. The molecule has 0 aliphatic heterocycles. The maximum atomic E-state index is 12.6. The number of rotatable bonds is 5. The topological polar surface area (TPSA) is 42.4 Å². The van der Waals surface area contributed by atoms with E-state index < -0.39 is 0 Å². The van der Waals surface area contributed by atoms with Crippen LogP contribution in [0.3, 0.4) is 0 Å². The molecule has 2 aromatic rings. The molecule has 1 unspecified atom stereocenters. The maximum Gasteiger partial charge on any atom is 0.272 e. The second-order valence-electron chi connectivity index (χ2n) is 4.90. The van der Waals surface area contributed by atoms with E-state index in [0.29, 0.717) is 23.9 Å². The molecule has 1 atom stereocenters. The third kappa shape index (κ3) is 3.34. The Labute approximate surface area is 129 Å². The summed E-state index contributed by atoms with van der Waals surface area (Å²) >= 11 is 6.26. The Morgan fingerprint density at radius 3 is 2.81 bits per heavy atom. The summed E-state index contributed by atoms with van der Waals surface area (Å²) in [7, 11) is 1.62. The summed E-state index contributed by atoms with van der Waals surface area (Å²) in [6.45, 7) is 4.97. The molecule has 112 valence electrons. The second kappa shape index (κ2) is 6.87. The highest BCUT2D eigenvalue weighted by Crippen LogP contribution is 2.23. The molecule has 0 fully saturated rings. The molecule has 1 amide bonds. The van der Waals surface area contributed by atoms with Gasteiger partial charge in [0, 0.05) is 19.0 Å². The van der Waals surface area contributed by atoms with E-state index in [4.69, 9.17) is 16.3 Å². The Kier molecular flexibility index (Phi) is 5.15. The van der Waals surface area contributed by atoms with Gasteiger partial charge in [0.05, 0.1) is 23.2 Å². The molecule has 5 heteroatoms. The minimum atomic E-state index is -0.130. The van der Waals surface area contributed by atoms with Gasteiger partial charge < -0.3 is 9.64 Å². The minimum Gasteiger partial charge on any atom is -0.383 e. The number of ether oxygens (including phenoxy) is 1. The van der Waals surface area contributed by atoms with Crippen molar-refractivity contribution >= 4 is 28.4 Å². The zero-order valence-electron chi connectivity index (χ0n) is 12.5. The lowest BCUT2D eigenvalue weighted by Gasteiger charge is -2.27. The molecule has 1 aromatic heterocycles. The standard InChI is InChI=1S/C16H19ClN2O2/c1-4-19(11(2)10-21-3)16(20)15-9-13(17)12-7-5-6-8-14(12)18-15/h5-9,11H,4,10H2,1-3H3. The molecule has 0 radical (unpaired) electrons. The van der Waals surface area contributed by atoms with Crippen molar-refractivity contribution in [3.8, 4) is 0 Å². The van der Waals surface area contributed by atoms with Gasteiger partial charge in [-0.3, -0.25) is 4.79 Å². The quantitative estimate of drug-likeness (QED) is 0.850. The van der Waals surface area contributed by atoms with E-state index in [1.807, 2.05) is 38.1 Å². The first-order chi connectivity index (χ1) is 10.1. The van der Waals surface area contributed by atoms with Crippen LogP contribution in [0.5, 0.6) is 0 Å². The van der Waals surface area contributed by atoms with Crippen LogP contribution in [0.25, 0.3) is 10.9 Å². The van der Waals surface area contributed by atoms with Crippen LogP contribution in [0.4, 0.5) is 0 Å². The van der Waals surface area contributed by atoms with Crippen molar-refractivity contribution in [1.82, 2.24) is 9.88 Å². The molecule has 0 saturated carbocycles. The van der Waals surface area contributed by atoms with Crippen molar-refractivity contribution in [1.29, 1.82) is 0 Å². The van der Waals surface area contributed by atoms with E-state index in [9.17, 15) is 4.79 Å². The molecule has 0 aliphatic rings. The van der Waals surface area contributed by atoms with Gasteiger partial charge in [0.2, 0.25) is 0 Å². The number of likely N-dealkylation sites (N-methyl/N-ethyl adjacent to an activating group) is 1. The normalized spacial score (nSPS) is 12.4. The summed E-state index contributed by atoms with van der Waals surface area (Å²) in [5.74, 6) is -0.130. The summed E-state index contributed by atoms with van der Waals surface area (Å²) in [6, 6.07) is 9.15. The second-order valence-corrected chi connectivity index (χ2v) is 5.31. The zero-order valence-corrected chi connectivity index (χ0v) is 13.2. The van der Waals surface area contributed by atoms with Crippen molar-refractivity contribution in [3.05, 3.63) is 41.0 Å². The fourth-order valence-corrected chi connectivity index (χ4v) is 2.64. The first-order valence-corrected chi connectivity index (χ1v) is 7.31. The Morgan fingerprint density at radius 1 is 1.43 bits per heavy atom. The van der Waals surface area contributed by atoms with E-state index in [0.717, 1.165) is 10.9 Å². The number of benzene rings is 1. The number of halogens is 1. The minimum absolute atomic E-state index is 0.0143. The van der Waals surface area contributed by atoms with Gasteiger partial charge in [-0.25, -0.2) is 4.98 Å². The molecule has 0 N–H and O–H groups in total. The molecule has 0 bridgehead atoms. The molecule has 0 aliphatic carbocycles. The highest BCUT2D eigenvalue weighted by molar-refractivity contribution is 6.35. The number of nitrogens with zero attached hydrogens (tertiary/aromatic N) is 2. The van der Waals surface area contributed by atoms with Crippen molar-refractivity contribution in [2.45, 2.75) is 19.9 Å². The smallest absolute Gasteiger partial charge is 0.272 e. The van der Waals surface area contributed by atoms with Gasteiger partial charge in [-0.05, 0) is 26.0 Å². The highest BCUT2D eigenvalue weighted by atomic mass is 35.5. The molecule has 4 nitrogen and oxygen atoms in total. The molecular weight excluding hydrogens is 288 g/mol. The lowest BCUT2D eigenvalue weighted by Crippen LogP contribution is -2.41. The lowest BCUT2D eigenvalue weighted by molar-refractivity contribution is 0.0574. The van der Waals surface area contributed by atoms with Crippen LogP contribution < -0.4 is 0 Å². The summed E-state index contributed by atoms with van der Waals surface area (Å²) < 4.78 is 5.13. The number of aromatic nitrogens is 1. The van der Waals surface area contributed by atoms with E-state index in [2.05, 4.69) is 4.98 Å². The average Bonchev–Trinajstić information content (AvgIpc) is 2.48. The zero-order chi connectivity index (χ0) is 15.4.